The Hall–Kier alpha value is -3.37. The minimum Gasteiger partial charge on any atom is -0.478 e. The van der Waals surface area contributed by atoms with Crippen molar-refractivity contribution >= 4 is 32.7 Å². The highest BCUT2D eigenvalue weighted by Gasteiger charge is 2.43. The molecule has 0 radical (unpaired) electrons. The molecule has 7 rings (SSSR count). The third-order valence-corrected chi connectivity index (χ3v) is 8.98. The molecule has 1 saturated carbocycles. The molecule has 38 heavy (non-hydrogen) atoms. The standard InChI is InChI=1S/C28H25F2N3O4S/c29-16-4-7-20(22(30)10-16)25-21(26(37-32-25)14-1-2-14)13-36-19-11-17-5-6-18(12-19)33(17)28-31-23-8-3-15(27(34)35)9-24(23)38-28/h3-4,7-10,14,17-19H,1-2,5-6,11-13H2,(H,34,35)/t17-,18?,19?/m0/s1. The zero-order valence-electron chi connectivity index (χ0n) is 20.4. The van der Waals surface area contributed by atoms with Crippen LogP contribution in [0.5, 0.6) is 0 Å². The molecule has 7 nitrogen and oxygen atoms in total. The van der Waals surface area contributed by atoms with Crippen molar-refractivity contribution < 1.29 is 27.9 Å². The maximum absolute atomic E-state index is 14.6. The number of aromatic nitrogens is 2. The number of fused-ring (bicyclic) bond motifs is 3. The van der Waals surface area contributed by atoms with Crippen LogP contribution in [0, 0.1) is 11.6 Å². The number of thiazole rings is 1. The molecular weight excluding hydrogens is 512 g/mol. The minimum absolute atomic E-state index is 0.0320. The van der Waals surface area contributed by atoms with Gasteiger partial charge in [-0.15, -0.1) is 0 Å². The Balaban J connectivity index is 1.09. The lowest BCUT2D eigenvalue weighted by molar-refractivity contribution is 0.0147. The number of hydrogen-bond acceptors (Lipinski definition) is 7. The Morgan fingerprint density at radius 2 is 1.89 bits per heavy atom. The van der Waals surface area contributed by atoms with E-state index in [1.165, 1.54) is 23.5 Å². The van der Waals surface area contributed by atoms with Crippen LogP contribution in [0.25, 0.3) is 21.5 Å². The number of ether oxygens (including phenoxy) is 1. The Morgan fingerprint density at radius 1 is 1.11 bits per heavy atom. The molecule has 4 heterocycles. The molecule has 3 atom stereocenters. The molecule has 1 N–H and O–H groups in total. The van der Waals surface area contributed by atoms with E-state index >= 15 is 0 Å². The zero-order valence-corrected chi connectivity index (χ0v) is 21.2. The number of piperidine rings is 1. The number of aromatic carboxylic acids is 1. The fraction of sp³-hybridized carbons (Fsp3) is 0.393. The van der Waals surface area contributed by atoms with Gasteiger partial charge in [0.15, 0.2) is 5.13 Å². The molecule has 196 valence electrons. The lowest BCUT2D eigenvalue weighted by Gasteiger charge is -2.38. The highest BCUT2D eigenvalue weighted by molar-refractivity contribution is 7.22. The van der Waals surface area contributed by atoms with Gasteiger partial charge in [-0.3, -0.25) is 0 Å². The van der Waals surface area contributed by atoms with Gasteiger partial charge in [-0.1, -0.05) is 16.5 Å². The van der Waals surface area contributed by atoms with Crippen molar-refractivity contribution in [3.8, 4) is 11.3 Å². The summed E-state index contributed by atoms with van der Waals surface area (Å²) in [5, 5.41) is 14.4. The van der Waals surface area contributed by atoms with Gasteiger partial charge in [0.25, 0.3) is 0 Å². The van der Waals surface area contributed by atoms with Gasteiger partial charge in [-0.2, -0.15) is 0 Å². The Labute approximate surface area is 221 Å². The van der Waals surface area contributed by atoms with E-state index in [-0.39, 0.29) is 41.8 Å². The molecule has 0 spiro atoms. The summed E-state index contributed by atoms with van der Waals surface area (Å²) in [4.78, 5) is 18.6. The summed E-state index contributed by atoms with van der Waals surface area (Å²) in [7, 11) is 0. The topological polar surface area (TPSA) is 88.7 Å². The second kappa shape index (κ2) is 9.13. The Morgan fingerprint density at radius 3 is 2.61 bits per heavy atom. The molecular formula is C28H25F2N3O4S. The molecule has 3 aliphatic rings. The van der Waals surface area contributed by atoms with Crippen molar-refractivity contribution in [3.63, 3.8) is 0 Å². The van der Waals surface area contributed by atoms with Gasteiger partial charge >= 0.3 is 5.97 Å². The summed E-state index contributed by atoms with van der Waals surface area (Å²) in [5.41, 5.74) is 2.45. The molecule has 10 heteroatoms. The second-order valence-electron chi connectivity index (χ2n) is 10.5. The van der Waals surface area contributed by atoms with Gasteiger partial charge in [0, 0.05) is 35.2 Å². The summed E-state index contributed by atoms with van der Waals surface area (Å²) in [6.07, 6.45) is 5.83. The van der Waals surface area contributed by atoms with E-state index in [0.29, 0.717) is 5.69 Å². The van der Waals surface area contributed by atoms with Crippen LogP contribution in [0.15, 0.2) is 40.9 Å². The smallest absolute Gasteiger partial charge is 0.335 e. The first-order valence-corrected chi connectivity index (χ1v) is 13.7. The maximum Gasteiger partial charge on any atom is 0.335 e. The van der Waals surface area contributed by atoms with Crippen molar-refractivity contribution in [3.05, 3.63) is 64.9 Å². The molecule has 2 aliphatic heterocycles. The lowest BCUT2D eigenvalue weighted by Crippen LogP contribution is -2.45. The Bertz CT molecular complexity index is 1530. The number of carboxylic acids is 1. The summed E-state index contributed by atoms with van der Waals surface area (Å²) in [5.74, 6) is -1.22. The number of benzene rings is 2. The Kier molecular flexibility index (Phi) is 5.70. The lowest BCUT2D eigenvalue weighted by atomic mass is 10.00. The average molecular weight is 538 g/mol. The summed E-state index contributed by atoms with van der Waals surface area (Å²) in [6, 6.07) is 9.13. The number of anilines is 1. The van der Waals surface area contributed by atoms with Gasteiger partial charge < -0.3 is 19.3 Å². The van der Waals surface area contributed by atoms with Gasteiger partial charge in [0.2, 0.25) is 0 Å². The van der Waals surface area contributed by atoms with E-state index in [9.17, 15) is 18.7 Å². The molecule has 4 aromatic rings. The van der Waals surface area contributed by atoms with E-state index in [0.717, 1.165) is 71.3 Å². The van der Waals surface area contributed by atoms with Crippen molar-refractivity contribution in [2.75, 3.05) is 4.90 Å². The van der Waals surface area contributed by atoms with Gasteiger partial charge in [0.1, 0.15) is 23.1 Å². The third-order valence-electron chi connectivity index (χ3n) is 7.95. The number of nitrogens with zero attached hydrogens (tertiary/aromatic N) is 3. The fourth-order valence-corrected chi connectivity index (χ4v) is 7.10. The van der Waals surface area contributed by atoms with Crippen LogP contribution in [-0.2, 0) is 11.3 Å². The largest absolute Gasteiger partial charge is 0.478 e. The number of hydrogen-bond donors (Lipinski definition) is 1. The average Bonchev–Trinajstić information content (AvgIpc) is 3.42. The molecule has 2 aromatic carbocycles. The molecule has 2 saturated heterocycles. The second-order valence-corrected chi connectivity index (χ2v) is 11.5. The van der Waals surface area contributed by atoms with E-state index in [2.05, 4.69) is 10.1 Å². The predicted molar refractivity (Wildman–Crippen MR) is 138 cm³/mol. The predicted octanol–water partition coefficient (Wildman–Crippen LogP) is 6.52. The number of carboxylic acid groups (broad SMARTS) is 1. The third kappa shape index (κ3) is 4.16. The molecule has 3 fully saturated rings. The first kappa shape index (κ1) is 23.7. The summed E-state index contributed by atoms with van der Waals surface area (Å²) in [6.45, 7) is 0.269. The molecule has 0 amide bonds. The van der Waals surface area contributed by atoms with E-state index in [1.54, 1.807) is 18.2 Å². The van der Waals surface area contributed by atoms with Crippen LogP contribution in [0.1, 0.15) is 66.1 Å². The van der Waals surface area contributed by atoms with Crippen molar-refractivity contribution in [2.45, 2.75) is 69.2 Å². The summed E-state index contributed by atoms with van der Waals surface area (Å²) < 4.78 is 41.0. The zero-order chi connectivity index (χ0) is 26.0. The maximum atomic E-state index is 14.6. The van der Waals surface area contributed by atoms with Crippen LogP contribution in [0.3, 0.4) is 0 Å². The van der Waals surface area contributed by atoms with Crippen molar-refractivity contribution in [1.29, 1.82) is 0 Å². The van der Waals surface area contributed by atoms with E-state index < -0.39 is 17.6 Å². The molecule has 2 unspecified atom stereocenters. The van der Waals surface area contributed by atoms with E-state index in [4.69, 9.17) is 14.2 Å². The van der Waals surface area contributed by atoms with Crippen LogP contribution < -0.4 is 4.90 Å². The SMILES string of the molecule is O=C(O)c1ccc2nc(N3C4CC[C@H]3CC(OCc3c(-c5ccc(F)cc5F)noc3C3CC3)C4)sc2c1. The van der Waals surface area contributed by atoms with E-state index in [1.807, 2.05) is 0 Å². The first-order valence-electron chi connectivity index (χ1n) is 12.9. The van der Waals surface area contributed by atoms with Crippen molar-refractivity contribution in [2.24, 2.45) is 0 Å². The number of carbonyl (C=O) groups is 1. The van der Waals surface area contributed by atoms with Gasteiger partial charge in [-0.05, 0) is 68.9 Å². The minimum atomic E-state index is -0.942. The molecule has 2 aromatic heterocycles. The number of halogens is 2. The van der Waals surface area contributed by atoms with Crippen LogP contribution >= 0.6 is 11.3 Å². The summed E-state index contributed by atoms with van der Waals surface area (Å²) >= 11 is 1.54. The molecule has 1 aliphatic carbocycles. The van der Waals surface area contributed by atoms with Crippen LogP contribution in [0.2, 0.25) is 0 Å². The quantitative estimate of drug-likeness (QED) is 0.287. The fourth-order valence-electron chi connectivity index (χ4n) is 5.95. The monoisotopic (exact) mass is 537 g/mol. The first-order chi connectivity index (χ1) is 18.4. The molecule has 2 bridgehead atoms. The van der Waals surface area contributed by atoms with Crippen molar-refractivity contribution in [1.82, 2.24) is 10.1 Å². The highest BCUT2D eigenvalue weighted by Crippen LogP contribution is 2.46. The van der Waals surface area contributed by atoms with Crippen LogP contribution in [-0.4, -0.2) is 39.4 Å². The normalized spacial score (nSPS) is 22.9. The van der Waals surface area contributed by atoms with Gasteiger partial charge in [0.05, 0.1) is 28.5 Å². The number of rotatable bonds is 7. The van der Waals surface area contributed by atoms with Gasteiger partial charge in [-0.25, -0.2) is 18.6 Å². The highest BCUT2D eigenvalue weighted by atomic mass is 32.1. The van der Waals surface area contributed by atoms with Crippen LogP contribution in [0.4, 0.5) is 13.9 Å².